The Kier molecular flexibility index (Phi) is 10.3. The van der Waals surface area contributed by atoms with Crippen molar-refractivity contribution in [2.45, 2.75) is 13.5 Å². The number of aliphatic imine (C=N–C) groups is 1. The quantitative estimate of drug-likeness (QED) is 0.413. The largest absolute Gasteiger partial charge is 0.355 e. The molecule has 1 aromatic carbocycles. The number of nitrogens with one attached hydrogen (secondary N) is 1. The summed E-state index contributed by atoms with van der Waals surface area (Å²) in [5.74, 6) is 0.959. The highest BCUT2D eigenvalue weighted by Crippen LogP contribution is 2.01. The van der Waals surface area contributed by atoms with Crippen LogP contribution in [-0.4, -0.2) is 80.6 Å². The van der Waals surface area contributed by atoms with Gasteiger partial charge in [0.15, 0.2) is 5.96 Å². The first-order valence-corrected chi connectivity index (χ1v) is 8.63. The summed E-state index contributed by atoms with van der Waals surface area (Å²) < 4.78 is 0. The van der Waals surface area contributed by atoms with Crippen LogP contribution in [0.4, 0.5) is 0 Å². The Labute approximate surface area is 164 Å². The molecule has 1 saturated heterocycles. The predicted octanol–water partition coefficient (Wildman–Crippen LogP) is 1.95. The molecule has 136 valence electrons. The molecule has 5 nitrogen and oxygen atoms in total. The van der Waals surface area contributed by atoms with Gasteiger partial charge < -0.3 is 15.1 Å². The second kappa shape index (κ2) is 11.7. The second-order valence-electron chi connectivity index (χ2n) is 6.22. The zero-order valence-corrected chi connectivity index (χ0v) is 17.6. The maximum atomic E-state index is 4.71. The van der Waals surface area contributed by atoms with Gasteiger partial charge in [0.25, 0.3) is 0 Å². The van der Waals surface area contributed by atoms with E-state index in [1.807, 2.05) is 20.2 Å². The summed E-state index contributed by atoms with van der Waals surface area (Å²) in [4.78, 5) is 11.8. The molecule has 1 aromatic rings. The lowest BCUT2D eigenvalue weighted by Gasteiger charge is -2.34. The van der Waals surface area contributed by atoms with Crippen LogP contribution in [0.5, 0.6) is 0 Å². The Morgan fingerprint density at radius 1 is 1.08 bits per heavy atom. The van der Waals surface area contributed by atoms with E-state index < -0.39 is 0 Å². The van der Waals surface area contributed by atoms with Crippen molar-refractivity contribution in [2.24, 2.45) is 4.99 Å². The summed E-state index contributed by atoms with van der Waals surface area (Å²) in [6, 6.07) is 10.4. The van der Waals surface area contributed by atoms with Gasteiger partial charge in [0.05, 0.1) is 6.54 Å². The van der Waals surface area contributed by atoms with Crippen LogP contribution in [0.2, 0.25) is 0 Å². The number of rotatable bonds is 6. The molecule has 1 aliphatic heterocycles. The molecule has 0 spiro atoms. The van der Waals surface area contributed by atoms with E-state index in [2.05, 4.69) is 51.2 Å². The highest BCUT2D eigenvalue weighted by molar-refractivity contribution is 14.0. The van der Waals surface area contributed by atoms with Crippen molar-refractivity contribution in [1.29, 1.82) is 0 Å². The number of likely N-dealkylation sites (N-methyl/N-ethyl adjacent to an activating group) is 1. The fraction of sp³-hybridized carbons (Fsp3) is 0.611. The van der Waals surface area contributed by atoms with Crippen molar-refractivity contribution in [1.82, 2.24) is 20.0 Å². The molecular formula is C18H32IN5. The van der Waals surface area contributed by atoms with Gasteiger partial charge in [-0.05, 0) is 12.1 Å². The maximum Gasteiger partial charge on any atom is 0.193 e. The van der Waals surface area contributed by atoms with E-state index in [4.69, 9.17) is 4.99 Å². The Balaban J connectivity index is 0.00000288. The number of benzene rings is 1. The first kappa shape index (κ1) is 21.2. The minimum absolute atomic E-state index is 0. The number of hydrogen-bond acceptors (Lipinski definition) is 3. The molecule has 1 N–H and O–H groups in total. The lowest BCUT2D eigenvalue weighted by Crippen LogP contribution is -2.49. The van der Waals surface area contributed by atoms with Gasteiger partial charge in [-0.25, -0.2) is 4.99 Å². The van der Waals surface area contributed by atoms with E-state index in [0.29, 0.717) is 0 Å². The molecule has 0 aliphatic carbocycles. The summed E-state index contributed by atoms with van der Waals surface area (Å²) in [5.41, 5.74) is 1.24. The molecule has 0 aromatic heterocycles. The molecule has 1 heterocycles. The number of guanidine groups is 1. The highest BCUT2D eigenvalue weighted by atomic mass is 127. The topological polar surface area (TPSA) is 34.1 Å². The standard InChI is InChI=1S/C18H31N5.HI/c1-4-22-12-14-23(15-13-22)11-10-19-18(21(2)3)20-16-17-8-6-5-7-9-17;/h5-9H,4,10-16H2,1-3H3,(H,19,20);1H. The molecule has 0 bridgehead atoms. The highest BCUT2D eigenvalue weighted by Gasteiger charge is 2.14. The molecule has 2 rings (SSSR count). The third kappa shape index (κ3) is 7.36. The van der Waals surface area contributed by atoms with Crippen LogP contribution in [0.15, 0.2) is 35.3 Å². The Hall–Kier alpha value is -0.860. The fourth-order valence-corrected chi connectivity index (χ4v) is 2.76. The SMILES string of the molecule is CCN1CCN(CCNC(=NCc2ccccc2)N(C)C)CC1.I. The van der Waals surface area contributed by atoms with E-state index in [1.54, 1.807) is 0 Å². The van der Waals surface area contributed by atoms with Gasteiger partial charge in [-0.15, -0.1) is 24.0 Å². The zero-order chi connectivity index (χ0) is 16.5. The van der Waals surface area contributed by atoms with Crippen LogP contribution in [0.1, 0.15) is 12.5 Å². The Morgan fingerprint density at radius 2 is 1.71 bits per heavy atom. The number of halogens is 1. The lowest BCUT2D eigenvalue weighted by atomic mass is 10.2. The molecule has 1 aliphatic rings. The first-order chi connectivity index (χ1) is 11.2. The van der Waals surface area contributed by atoms with Gasteiger partial charge in [0.1, 0.15) is 0 Å². The smallest absolute Gasteiger partial charge is 0.193 e. The summed E-state index contributed by atoms with van der Waals surface area (Å²) in [7, 11) is 4.08. The third-order valence-electron chi connectivity index (χ3n) is 4.30. The van der Waals surface area contributed by atoms with Crippen LogP contribution in [0.25, 0.3) is 0 Å². The first-order valence-electron chi connectivity index (χ1n) is 8.63. The monoisotopic (exact) mass is 445 g/mol. The van der Waals surface area contributed by atoms with E-state index in [9.17, 15) is 0 Å². The van der Waals surface area contributed by atoms with Crippen molar-refractivity contribution in [3.63, 3.8) is 0 Å². The van der Waals surface area contributed by atoms with Gasteiger partial charge >= 0.3 is 0 Å². The minimum atomic E-state index is 0. The third-order valence-corrected chi connectivity index (χ3v) is 4.30. The molecule has 0 atom stereocenters. The number of hydrogen-bond donors (Lipinski definition) is 1. The van der Waals surface area contributed by atoms with Gasteiger partial charge in [-0.2, -0.15) is 0 Å². The molecule has 0 unspecified atom stereocenters. The summed E-state index contributed by atoms with van der Waals surface area (Å²) in [6.07, 6.45) is 0. The lowest BCUT2D eigenvalue weighted by molar-refractivity contribution is 0.139. The summed E-state index contributed by atoms with van der Waals surface area (Å²) >= 11 is 0. The number of piperazine rings is 1. The molecule has 0 radical (unpaired) electrons. The minimum Gasteiger partial charge on any atom is -0.355 e. The molecule has 24 heavy (non-hydrogen) atoms. The van der Waals surface area contributed by atoms with Crippen molar-refractivity contribution >= 4 is 29.9 Å². The van der Waals surface area contributed by atoms with E-state index in [1.165, 1.54) is 38.3 Å². The van der Waals surface area contributed by atoms with Gasteiger partial charge in [-0.3, -0.25) is 4.90 Å². The molecule has 1 fully saturated rings. The second-order valence-corrected chi connectivity index (χ2v) is 6.22. The number of nitrogens with zero attached hydrogens (tertiary/aromatic N) is 4. The van der Waals surface area contributed by atoms with Crippen molar-refractivity contribution in [2.75, 3.05) is 59.9 Å². The fourth-order valence-electron chi connectivity index (χ4n) is 2.76. The maximum absolute atomic E-state index is 4.71. The Bertz CT molecular complexity index is 470. The van der Waals surface area contributed by atoms with E-state index in [-0.39, 0.29) is 24.0 Å². The van der Waals surface area contributed by atoms with Gasteiger partial charge in [0, 0.05) is 53.4 Å². The van der Waals surface area contributed by atoms with Gasteiger partial charge in [-0.1, -0.05) is 37.3 Å². The average Bonchev–Trinajstić information content (AvgIpc) is 2.59. The van der Waals surface area contributed by atoms with Gasteiger partial charge in [0.2, 0.25) is 0 Å². The van der Waals surface area contributed by atoms with Crippen molar-refractivity contribution in [3.05, 3.63) is 35.9 Å². The van der Waals surface area contributed by atoms with E-state index in [0.717, 1.165) is 25.6 Å². The van der Waals surface area contributed by atoms with E-state index >= 15 is 0 Å². The molecule has 0 amide bonds. The van der Waals surface area contributed by atoms with Crippen LogP contribution in [-0.2, 0) is 6.54 Å². The van der Waals surface area contributed by atoms with Crippen molar-refractivity contribution in [3.8, 4) is 0 Å². The predicted molar refractivity (Wildman–Crippen MR) is 113 cm³/mol. The average molecular weight is 445 g/mol. The van der Waals surface area contributed by atoms with Crippen LogP contribution < -0.4 is 5.32 Å². The molecular weight excluding hydrogens is 413 g/mol. The normalized spacial score (nSPS) is 16.5. The van der Waals surface area contributed by atoms with Crippen LogP contribution >= 0.6 is 24.0 Å². The van der Waals surface area contributed by atoms with Crippen molar-refractivity contribution < 1.29 is 0 Å². The summed E-state index contributed by atoms with van der Waals surface area (Å²) in [6.45, 7) is 10.9. The summed E-state index contributed by atoms with van der Waals surface area (Å²) in [5, 5.41) is 3.48. The Morgan fingerprint density at radius 3 is 2.29 bits per heavy atom. The molecule has 6 heteroatoms. The van der Waals surface area contributed by atoms with Crippen LogP contribution in [0.3, 0.4) is 0 Å². The zero-order valence-electron chi connectivity index (χ0n) is 15.2. The van der Waals surface area contributed by atoms with Crippen LogP contribution in [0, 0.1) is 0 Å². The molecule has 0 saturated carbocycles.